The van der Waals surface area contributed by atoms with Crippen LogP contribution in [0.5, 0.6) is 0 Å². The fourth-order valence-corrected chi connectivity index (χ4v) is 6.24. The molecule has 41 heavy (non-hydrogen) atoms. The lowest BCUT2D eigenvalue weighted by atomic mass is 10.0. The van der Waals surface area contributed by atoms with E-state index in [2.05, 4.69) is 22.2 Å². The summed E-state index contributed by atoms with van der Waals surface area (Å²) in [6, 6.07) is 6.89. The molecule has 226 valence electrons. The van der Waals surface area contributed by atoms with E-state index in [0.717, 1.165) is 31.9 Å². The highest BCUT2D eigenvalue weighted by Crippen LogP contribution is 2.32. The molecule has 3 fully saturated rings. The zero-order valence-corrected chi connectivity index (χ0v) is 25.3. The molecular formula is C31H47N5O5. The number of Topliss-reactive ketones (excluding diaryl/α,β-unsaturated/α-hetero) is 1. The third-order valence-corrected chi connectivity index (χ3v) is 8.71. The van der Waals surface area contributed by atoms with Crippen molar-refractivity contribution in [3.63, 3.8) is 0 Å². The van der Waals surface area contributed by atoms with E-state index in [1.165, 1.54) is 7.11 Å². The van der Waals surface area contributed by atoms with Gasteiger partial charge in [-0.25, -0.2) is 0 Å². The second-order valence-corrected chi connectivity index (χ2v) is 12.4. The third-order valence-electron chi connectivity index (χ3n) is 8.71. The number of amides is 3. The Kier molecular flexibility index (Phi) is 10.4. The van der Waals surface area contributed by atoms with Gasteiger partial charge in [-0.05, 0) is 62.4 Å². The number of nitrogens with zero attached hydrogens (tertiary/aromatic N) is 4. The van der Waals surface area contributed by atoms with Gasteiger partial charge in [-0.1, -0.05) is 20.8 Å². The largest absolute Gasteiger partial charge is 0.372 e. The van der Waals surface area contributed by atoms with Gasteiger partial charge >= 0.3 is 0 Å². The smallest absolute Gasteiger partial charge is 0.252 e. The number of likely N-dealkylation sites (tertiary alicyclic amines) is 2. The first kappa shape index (κ1) is 31.0. The van der Waals surface area contributed by atoms with Gasteiger partial charge in [0.15, 0.2) is 5.78 Å². The van der Waals surface area contributed by atoms with Gasteiger partial charge in [-0.2, -0.15) is 0 Å². The predicted octanol–water partition coefficient (Wildman–Crippen LogP) is 2.03. The predicted molar refractivity (Wildman–Crippen MR) is 158 cm³/mol. The van der Waals surface area contributed by atoms with Gasteiger partial charge in [0.05, 0.1) is 12.6 Å². The summed E-state index contributed by atoms with van der Waals surface area (Å²) in [5, 5.41) is 2.97. The number of piperazine rings is 1. The molecule has 1 aromatic carbocycles. The number of likely N-dealkylation sites (N-methyl/N-ethyl adjacent to an activating group) is 1. The van der Waals surface area contributed by atoms with Crippen LogP contribution in [0.1, 0.15) is 56.8 Å². The summed E-state index contributed by atoms with van der Waals surface area (Å²) in [4.78, 5) is 59.9. The van der Waals surface area contributed by atoms with Gasteiger partial charge in [0.25, 0.3) is 11.8 Å². The zero-order chi connectivity index (χ0) is 29.7. The molecule has 4 rings (SSSR count). The number of carbonyl (C=O) groups excluding carboxylic acids is 4. The normalized spacial score (nSPS) is 22.7. The maximum atomic E-state index is 13.2. The minimum atomic E-state index is -0.573. The van der Waals surface area contributed by atoms with Crippen LogP contribution in [0.15, 0.2) is 24.3 Å². The van der Waals surface area contributed by atoms with Crippen molar-refractivity contribution in [1.29, 1.82) is 0 Å². The van der Waals surface area contributed by atoms with Crippen LogP contribution in [-0.2, 0) is 19.1 Å². The minimum Gasteiger partial charge on any atom is -0.372 e. The first-order chi connectivity index (χ1) is 19.6. The van der Waals surface area contributed by atoms with E-state index < -0.39 is 12.1 Å². The Labute approximate surface area is 244 Å². The Morgan fingerprint density at radius 3 is 2.32 bits per heavy atom. The number of ketones is 1. The molecule has 10 nitrogen and oxygen atoms in total. The van der Waals surface area contributed by atoms with E-state index >= 15 is 0 Å². The number of methoxy groups -OCH3 is 1. The molecule has 0 saturated carbocycles. The van der Waals surface area contributed by atoms with Crippen LogP contribution >= 0.6 is 0 Å². The number of rotatable bonds is 11. The molecular weight excluding hydrogens is 522 g/mol. The average molecular weight is 570 g/mol. The molecule has 4 unspecified atom stereocenters. The van der Waals surface area contributed by atoms with Crippen LogP contribution < -0.4 is 10.2 Å². The van der Waals surface area contributed by atoms with E-state index in [-0.39, 0.29) is 42.0 Å². The summed E-state index contributed by atoms with van der Waals surface area (Å²) in [7, 11) is 3.66. The molecule has 0 spiro atoms. The average Bonchev–Trinajstić information content (AvgIpc) is 3.53. The maximum absolute atomic E-state index is 13.2. The van der Waals surface area contributed by atoms with Crippen molar-refractivity contribution < 1.29 is 23.9 Å². The Morgan fingerprint density at radius 2 is 1.68 bits per heavy atom. The fourth-order valence-electron chi connectivity index (χ4n) is 6.24. The van der Waals surface area contributed by atoms with Gasteiger partial charge in [0.1, 0.15) is 12.1 Å². The molecule has 3 aliphatic heterocycles. The number of anilines is 1. The van der Waals surface area contributed by atoms with Crippen LogP contribution in [0, 0.1) is 11.8 Å². The quantitative estimate of drug-likeness (QED) is 0.435. The van der Waals surface area contributed by atoms with E-state index in [1.54, 1.807) is 9.80 Å². The lowest BCUT2D eigenvalue weighted by Gasteiger charge is -2.34. The molecule has 1 aromatic rings. The van der Waals surface area contributed by atoms with Crippen molar-refractivity contribution in [2.24, 2.45) is 11.8 Å². The topological polar surface area (TPSA) is 102 Å². The van der Waals surface area contributed by atoms with Gasteiger partial charge in [0.2, 0.25) is 5.91 Å². The van der Waals surface area contributed by atoms with Crippen molar-refractivity contribution in [2.75, 3.05) is 64.9 Å². The standard InChI is InChI=1S/C31H47N5O5/c1-21(2)18-27(41-5)31(40)36-20-26(37)29-25(36)11-13-35(29)28(38)19-22(3)10-12-32-30(39)23-6-8-24(9-7-23)34-16-14-33(4)15-17-34/h6-9,21-22,25,27,29H,10-20H2,1-5H3,(H,32,39). The highest BCUT2D eigenvalue weighted by atomic mass is 16.5. The van der Waals surface area contributed by atoms with Crippen LogP contribution in [0.3, 0.4) is 0 Å². The molecule has 0 aromatic heterocycles. The second-order valence-electron chi connectivity index (χ2n) is 12.4. The highest BCUT2D eigenvalue weighted by Gasteiger charge is 2.52. The molecule has 3 saturated heterocycles. The molecule has 3 heterocycles. The number of carbonyl (C=O) groups is 4. The highest BCUT2D eigenvalue weighted by molar-refractivity contribution is 5.98. The molecule has 3 aliphatic rings. The number of hydrogen-bond acceptors (Lipinski definition) is 7. The molecule has 0 bridgehead atoms. The molecule has 0 radical (unpaired) electrons. The number of benzene rings is 1. The second kappa shape index (κ2) is 13.8. The summed E-state index contributed by atoms with van der Waals surface area (Å²) < 4.78 is 5.45. The van der Waals surface area contributed by atoms with Gasteiger partial charge < -0.3 is 29.7 Å². The van der Waals surface area contributed by atoms with Crippen molar-refractivity contribution >= 4 is 29.2 Å². The van der Waals surface area contributed by atoms with Crippen LogP contribution in [-0.4, -0.2) is 116 Å². The minimum absolute atomic E-state index is 0.0356. The fraction of sp³-hybridized carbons (Fsp3) is 0.677. The first-order valence-corrected chi connectivity index (χ1v) is 15.1. The van der Waals surface area contributed by atoms with Crippen molar-refractivity contribution in [3.05, 3.63) is 29.8 Å². The Balaban J connectivity index is 1.22. The van der Waals surface area contributed by atoms with Crippen LogP contribution in [0.25, 0.3) is 0 Å². The van der Waals surface area contributed by atoms with E-state index in [4.69, 9.17) is 4.74 Å². The zero-order valence-electron chi connectivity index (χ0n) is 25.3. The molecule has 3 amide bonds. The summed E-state index contributed by atoms with van der Waals surface area (Å²) >= 11 is 0. The van der Waals surface area contributed by atoms with Gasteiger partial charge in [0, 0.05) is 64.0 Å². The van der Waals surface area contributed by atoms with E-state index in [1.807, 2.05) is 45.0 Å². The number of ether oxygens (including phenoxy) is 1. The maximum Gasteiger partial charge on any atom is 0.252 e. The lowest BCUT2D eigenvalue weighted by Crippen LogP contribution is -2.46. The number of hydrogen-bond donors (Lipinski definition) is 1. The number of nitrogens with one attached hydrogen (secondary N) is 1. The summed E-state index contributed by atoms with van der Waals surface area (Å²) in [5.74, 6) is -0.0900. The Bertz CT molecular complexity index is 1080. The Hall–Kier alpha value is -2.98. The van der Waals surface area contributed by atoms with Crippen molar-refractivity contribution in [2.45, 2.75) is 64.6 Å². The van der Waals surface area contributed by atoms with Crippen LogP contribution in [0.2, 0.25) is 0 Å². The van der Waals surface area contributed by atoms with Crippen LogP contribution in [0.4, 0.5) is 5.69 Å². The number of fused-ring (bicyclic) bond motifs is 1. The summed E-state index contributed by atoms with van der Waals surface area (Å²) in [6.07, 6.45) is 1.58. The molecule has 10 heteroatoms. The summed E-state index contributed by atoms with van der Waals surface area (Å²) in [6.45, 7) is 11.1. The third kappa shape index (κ3) is 7.46. The molecule has 0 aliphatic carbocycles. The monoisotopic (exact) mass is 569 g/mol. The van der Waals surface area contributed by atoms with Gasteiger partial charge in [-0.15, -0.1) is 0 Å². The Morgan fingerprint density at radius 1 is 1.00 bits per heavy atom. The van der Waals surface area contributed by atoms with Crippen molar-refractivity contribution in [1.82, 2.24) is 20.0 Å². The summed E-state index contributed by atoms with van der Waals surface area (Å²) in [5.41, 5.74) is 1.76. The van der Waals surface area contributed by atoms with E-state index in [9.17, 15) is 19.2 Å². The first-order valence-electron chi connectivity index (χ1n) is 15.1. The molecule has 4 atom stereocenters. The van der Waals surface area contributed by atoms with E-state index in [0.29, 0.717) is 50.3 Å². The molecule has 1 N–H and O–H groups in total. The lowest BCUT2D eigenvalue weighted by molar-refractivity contribution is -0.144. The van der Waals surface area contributed by atoms with Crippen molar-refractivity contribution in [3.8, 4) is 0 Å². The van der Waals surface area contributed by atoms with Gasteiger partial charge in [-0.3, -0.25) is 19.2 Å². The SMILES string of the molecule is COC(CC(C)C)C(=O)N1CC(=O)C2C1CCN2C(=O)CC(C)CCNC(=O)c1ccc(N2CCN(C)CC2)cc1.